The molecule has 106 valence electrons. The minimum atomic E-state index is -1.02. The van der Waals surface area contributed by atoms with Crippen LogP contribution in [0.4, 0.5) is 4.39 Å². The van der Waals surface area contributed by atoms with Crippen molar-refractivity contribution in [1.29, 1.82) is 0 Å². The van der Waals surface area contributed by atoms with E-state index in [1.54, 1.807) is 0 Å². The number of benzene rings is 2. The van der Waals surface area contributed by atoms with E-state index in [1.165, 1.54) is 5.56 Å². The van der Waals surface area contributed by atoms with Gasteiger partial charge in [-0.1, -0.05) is 57.3 Å². The Labute approximate surface area is 120 Å². The van der Waals surface area contributed by atoms with E-state index in [0.29, 0.717) is 0 Å². The molecule has 0 aliphatic carbocycles. The number of carboxylic acid groups (broad SMARTS) is 1. The van der Waals surface area contributed by atoms with Crippen molar-refractivity contribution in [2.24, 2.45) is 0 Å². The highest BCUT2D eigenvalue weighted by Crippen LogP contribution is 2.35. The highest BCUT2D eigenvalue weighted by atomic mass is 31.0. The van der Waals surface area contributed by atoms with Crippen LogP contribution >= 0.6 is 9.24 Å². The molecule has 20 heavy (non-hydrogen) atoms. The summed E-state index contributed by atoms with van der Waals surface area (Å²) in [6.07, 6.45) is 0. The van der Waals surface area contributed by atoms with E-state index < -0.39 is 5.91 Å². The Bertz CT molecular complexity index is 582. The molecule has 4 heteroatoms. The van der Waals surface area contributed by atoms with Crippen LogP contribution in [-0.2, 0) is 4.79 Å². The zero-order valence-corrected chi connectivity index (χ0v) is 12.7. The fourth-order valence-electron chi connectivity index (χ4n) is 2.02. The Hall–Kier alpha value is -1.73. The molecule has 0 saturated heterocycles. The number of aryl methyl sites for hydroxylation is 2. The lowest BCUT2D eigenvalue weighted by Gasteiger charge is -2.13. The monoisotopic (exact) mass is 292 g/mol. The van der Waals surface area contributed by atoms with Crippen molar-refractivity contribution in [3.05, 3.63) is 59.2 Å². The first kappa shape index (κ1) is 16.3. The van der Waals surface area contributed by atoms with Gasteiger partial charge in [-0.05, 0) is 36.1 Å². The maximum atomic E-state index is 13.6. The van der Waals surface area contributed by atoms with Gasteiger partial charge in [0, 0.05) is 0 Å². The van der Waals surface area contributed by atoms with Gasteiger partial charge >= 0.3 is 0 Å². The Kier molecular flexibility index (Phi) is 6.33. The van der Waals surface area contributed by atoms with Gasteiger partial charge < -0.3 is 5.11 Å². The molecule has 0 bridgehead atoms. The van der Waals surface area contributed by atoms with Crippen LogP contribution in [0.3, 0.4) is 0 Å². The molecule has 2 unspecified atom stereocenters. The van der Waals surface area contributed by atoms with Crippen molar-refractivity contribution in [2.45, 2.75) is 19.8 Å². The van der Waals surface area contributed by atoms with Crippen LogP contribution in [0.15, 0.2) is 42.5 Å². The van der Waals surface area contributed by atoms with Gasteiger partial charge in [-0.25, -0.2) is 4.39 Å². The summed E-state index contributed by atoms with van der Waals surface area (Å²) in [7, 11) is 2.22. The Balaban J connectivity index is 0.000000612. The predicted octanol–water partition coefficient (Wildman–Crippen LogP) is 4.51. The molecule has 2 aromatic rings. The molecule has 0 spiro atoms. The first-order valence-electron chi connectivity index (χ1n) is 6.15. The second kappa shape index (κ2) is 7.76. The average Bonchev–Trinajstić information content (AvgIpc) is 2.39. The molecular formula is C16H18FO2P. The van der Waals surface area contributed by atoms with Gasteiger partial charge in [0.2, 0.25) is 0 Å². The molecule has 1 N–H and O–H groups in total. The SMILES string of the molecule is Cc1ccc(C(F)P)c(-c2ccccc2C)c1.O=CO. The molecule has 0 aliphatic rings. The lowest BCUT2D eigenvalue weighted by Crippen LogP contribution is -1.92. The van der Waals surface area contributed by atoms with Crippen LogP contribution < -0.4 is 0 Å². The quantitative estimate of drug-likeness (QED) is 0.653. The number of hydrogen-bond acceptors (Lipinski definition) is 1. The Morgan fingerprint density at radius 3 is 2.30 bits per heavy atom. The minimum Gasteiger partial charge on any atom is -0.483 e. The van der Waals surface area contributed by atoms with Crippen LogP contribution in [0.2, 0.25) is 0 Å². The van der Waals surface area contributed by atoms with Crippen molar-refractivity contribution < 1.29 is 14.3 Å². The normalized spacial score (nSPS) is 11.2. The van der Waals surface area contributed by atoms with Crippen LogP contribution in [0.1, 0.15) is 22.6 Å². The molecule has 0 aliphatic heterocycles. The summed E-state index contributed by atoms with van der Waals surface area (Å²) in [6, 6.07) is 14.0. The molecule has 0 amide bonds. The van der Waals surface area contributed by atoms with E-state index in [0.717, 1.165) is 22.3 Å². The van der Waals surface area contributed by atoms with Gasteiger partial charge in [0.15, 0.2) is 0 Å². The lowest BCUT2D eigenvalue weighted by atomic mass is 9.95. The lowest BCUT2D eigenvalue weighted by molar-refractivity contribution is -0.122. The van der Waals surface area contributed by atoms with Crippen LogP contribution in [0.25, 0.3) is 11.1 Å². The van der Waals surface area contributed by atoms with E-state index in [9.17, 15) is 4.39 Å². The molecule has 2 nitrogen and oxygen atoms in total. The van der Waals surface area contributed by atoms with E-state index in [-0.39, 0.29) is 6.47 Å². The number of carbonyl (C=O) groups is 1. The molecule has 0 fully saturated rings. The summed E-state index contributed by atoms with van der Waals surface area (Å²) in [6.45, 7) is 3.83. The molecule has 2 aromatic carbocycles. The summed E-state index contributed by atoms with van der Waals surface area (Å²) in [5.41, 5.74) is 5.15. The minimum absolute atomic E-state index is 0.250. The summed E-state index contributed by atoms with van der Waals surface area (Å²) in [5.74, 6) is -1.02. The third kappa shape index (κ3) is 4.14. The summed E-state index contributed by atoms with van der Waals surface area (Å²) < 4.78 is 13.6. The van der Waals surface area contributed by atoms with Gasteiger partial charge in [-0.2, -0.15) is 0 Å². The maximum absolute atomic E-state index is 13.6. The van der Waals surface area contributed by atoms with Crippen molar-refractivity contribution >= 4 is 15.7 Å². The molecular weight excluding hydrogens is 274 g/mol. The van der Waals surface area contributed by atoms with Gasteiger partial charge in [0.25, 0.3) is 6.47 Å². The van der Waals surface area contributed by atoms with E-state index in [1.807, 2.05) is 43.3 Å². The van der Waals surface area contributed by atoms with Gasteiger partial charge in [-0.15, -0.1) is 0 Å². The highest BCUT2D eigenvalue weighted by molar-refractivity contribution is 7.16. The van der Waals surface area contributed by atoms with Crippen molar-refractivity contribution in [3.63, 3.8) is 0 Å². The van der Waals surface area contributed by atoms with Crippen molar-refractivity contribution in [2.75, 3.05) is 0 Å². The number of rotatable bonds is 2. The first-order chi connectivity index (χ1) is 9.51. The zero-order valence-electron chi connectivity index (χ0n) is 11.5. The predicted molar refractivity (Wildman–Crippen MR) is 83.6 cm³/mol. The zero-order chi connectivity index (χ0) is 15.1. The fourth-order valence-corrected chi connectivity index (χ4v) is 2.31. The van der Waals surface area contributed by atoms with Gasteiger partial charge in [0.05, 0.1) is 0 Å². The van der Waals surface area contributed by atoms with E-state index >= 15 is 0 Å². The molecule has 2 atom stereocenters. The third-order valence-corrected chi connectivity index (χ3v) is 3.30. The first-order valence-corrected chi connectivity index (χ1v) is 6.82. The summed E-state index contributed by atoms with van der Waals surface area (Å²) >= 11 is 0. The number of hydrogen-bond donors (Lipinski definition) is 1. The molecule has 0 aromatic heterocycles. The second-order valence-corrected chi connectivity index (χ2v) is 5.00. The van der Waals surface area contributed by atoms with Crippen molar-refractivity contribution in [1.82, 2.24) is 0 Å². The third-order valence-electron chi connectivity index (χ3n) is 2.94. The highest BCUT2D eigenvalue weighted by Gasteiger charge is 2.12. The smallest absolute Gasteiger partial charge is 0.290 e. The fraction of sp³-hybridized carbons (Fsp3) is 0.188. The Morgan fingerprint density at radius 1 is 1.15 bits per heavy atom. The van der Waals surface area contributed by atoms with Gasteiger partial charge in [-0.3, -0.25) is 4.79 Å². The number of halogens is 1. The standard InChI is InChI=1S/C15H16FP.CH2O2/c1-10-7-8-13(15(16)17)14(9-10)12-6-4-3-5-11(12)2;2-1-3/h3-9,15H,17H2,1-2H3;1H,(H,2,3). The number of alkyl halides is 1. The van der Waals surface area contributed by atoms with E-state index in [2.05, 4.69) is 22.2 Å². The molecule has 0 heterocycles. The average molecular weight is 292 g/mol. The van der Waals surface area contributed by atoms with Gasteiger partial charge in [0.1, 0.15) is 5.91 Å². The maximum Gasteiger partial charge on any atom is 0.290 e. The molecule has 2 rings (SSSR count). The second-order valence-electron chi connectivity index (χ2n) is 4.41. The molecule has 0 radical (unpaired) electrons. The molecule has 0 saturated carbocycles. The summed E-state index contributed by atoms with van der Waals surface area (Å²) in [5, 5.41) is 6.89. The largest absolute Gasteiger partial charge is 0.483 e. The topological polar surface area (TPSA) is 37.3 Å². The van der Waals surface area contributed by atoms with Crippen LogP contribution in [0.5, 0.6) is 0 Å². The van der Waals surface area contributed by atoms with Crippen LogP contribution in [-0.4, -0.2) is 11.6 Å². The van der Waals surface area contributed by atoms with Crippen LogP contribution in [0, 0.1) is 13.8 Å². The Morgan fingerprint density at radius 2 is 1.75 bits per heavy atom. The van der Waals surface area contributed by atoms with Crippen molar-refractivity contribution in [3.8, 4) is 11.1 Å². The van der Waals surface area contributed by atoms with E-state index in [4.69, 9.17) is 9.90 Å². The summed E-state index contributed by atoms with van der Waals surface area (Å²) in [4.78, 5) is 8.36.